The molecule has 0 bridgehead atoms. The lowest BCUT2D eigenvalue weighted by atomic mass is 9.34. The predicted molar refractivity (Wildman–Crippen MR) is 148 cm³/mol. The van der Waals surface area contributed by atoms with E-state index in [1.165, 1.54) is 0 Å². The summed E-state index contributed by atoms with van der Waals surface area (Å²) in [6.45, 7) is 11.3. The number of phenols is 1. The molecule has 0 radical (unpaired) electrons. The number of rotatable bonds is 5. The molecule has 8 heteroatoms. The molecule has 0 aromatic heterocycles. The van der Waals surface area contributed by atoms with Gasteiger partial charge in [0.25, 0.3) is 0 Å². The van der Waals surface area contributed by atoms with E-state index in [2.05, 4.69) is 0 Å². The van der Waals surface area contributed by atoms with Crippen molar-refractivity contribution in [1.82, 2.24) is 0 Å². The van der Waals surface area contributed by atoms with Crippen LogP contribution in [0.15, 0.2) is 12.1 Å². The van der Waals surface area contributed by atoms with Crippen LogP contribution in [0.2, 0.25) is 0 Å². The van der Waals surface area contributed by atoms with Crippen LogP contribution in [0.1, 0.15) is 94.6 Å². The van der Waals surface area contributed by atoms with E-state index in [1.807, 2.05) is 6.92 Å². The molecule has 3 unspecified atom stereocenters. The summed E-state index contributed by atoms with van der Waals surface area (Å²) < 4.78 is 0. The van der Waals surface area contributed by atoms with Crippen LogP contribution in [-0.2, 0) is 24.0 Å². The number of ketones is 6. The molecule has 0 heterocycles. The lowest BCUT2D eigenvalue weighted by Crippen LogP contribution is -2.80. The van der Waals surface area contributed by atoms with Crippen LogP contribution in [-0.4, -0.2) is 50.5 Å². The van der Waals surface area contributed by atoms with Crippen LogP contribution in [0, 0.1) is 53.3 Å². The van der Waals surface area contributed by atoms with Crippen molar-refractivity contribution < 1.29 is 39.0 Å². The number of hydrogen-bond donors (Lipinski definition) is 2. The maximum Gasteiger partial charge on any atom is 0.190 e. The summed E-state index contributed by atoms with van der Waals surface area (Å²) in [5.41, 5.74) is -4.95. The quantitative estimate of drug-likeness (QED) is 0.512. The molecule has 0 aliphatic heterocycles. The second-order valence-electron chi connectivity index (χ2n) is 13.8. The van der Waals surface area contributed by atoms with Crippen molar-refractivity contribution in [3.63, 3.8) is 0 Å². The van der Waals surface area contributed by atoms with Gasteiger partial charge < -0.3 is 10.2 Å². The van der Waals surface area contributed by atoms with E-state index >= 15 is 0 Å². The van der Waals surface area contributed by atoms with Crippen LogP contribution >= 0.6 is 0 Å². The molecular formula is C33H40O8. The van der Waals surface area contributed by atoms with Gasteiger partial charge in [0.05, 0.1) is 11.5 Å². The standard InChI is InChI=1S/C33H40O8/c1-14(2)24-27(37)22(17(5)34)29(39)33(41)30(40)25-28(38)23-19(12-11-15(3)26(23)36)16(4)31(25,6)21(32(24,33)7)13-20(35)18-9-8-10-18/h11-12,14,16,18,21-22,24-25,36,41H,8-10,13H2,1-7H3/t16-,21-,22?,24?,25?,31-,32-,33+/m1/s1. The summed E-state index contributed by atoms with van der Waals surface area (Å²) in [5.74, 6) is -11.4. The number of Topliss-reactive ketones (excluding diaryl/α,β-unsaturated/α-hetero) is 6. The fourth-order valence-electron chi connectivity index (χ4n) is 9.20. The molecule has 4 aliphatic rings. The predicted octanol–water partition coefficient (Wildman–Crippen LogP) is 3.95. The Labute approximate surface area is 240 Å². The maximum absolute atomic E-state index is 14.7. The Morgan fingerprint density at radius 2 is 1.66 bits per heavy atom. The lowest BCUT2D eigenvalue weighted by molar-refractivity contribution is -0.226. The molecule has 2 N–H and O–H groups in total. The number of aliphatic hydroxyl groups is 1. The first kappa shape index (κ1) is 29.5. The fraction of sp³-hybridized carbons (Fsp3) is 0.636. The SMILES string of the molecule is CC(=O)C1C(=O)C(C(C)C)[C@@]2(C)[C@H](CC(=O)C3CCC3)[C@]3(C)C(C(=O)c4c(ccc(C)c4O)[C@H]3C)C(=O)[C@@]2(O)C1=O. The van der Waals surface area contributed by atoms with Crippen LogP contribution < -0.4 is 0 Å². The van der Waals surface area contributed by atoms with Crippen molar-refractivity contribution in [2.75, 3.05) is 0 Å². The van der Waals surface area contributed by atoms with E-state index in [9.17, 15) is 39.0 Å². The molecule has 8 atom stereocenters. The van der Waals surface area contributed by atoms with Crippen LogP contribution in [0.25, 0.3) is 0 Å². The highest BCUT2D eigenvalue weighted by Gasteiger charge is 2.80. The summed E-state index contributed by atoms with van der Waals surface area (Å²) in [4.78, 5) is 83.6. The summed E-state index contributed by atoms with van der Waals surface area (Å²) in [6, 6.07) is 3.44. The van der Waals surface area contributed by atoms with E-state index in [0.29, 0.717) is 24.0 Å². The molecule has 4 aliphatic carbocycles. The molecule has 41 heavy (non-hydrogen) atoms. The van der Waals surface area contributed by atoms with Gasteiger partial charge in [0.15, 0.2) is 28.7 Å². The minimum atomic E-state index is -2.85. The minimum Gasteiger partial charge on any atom is -0.507 e. The molecule has 1 aromatic carbocycles. The molecule has 0 saturated heterocycles. The van der Waals surface area contributed by atoms with Gasteiger partial charge in [-0.2, -0.15) is 0 Å². The van der Waals surface area contributed by atoms with Crippen molar-refractivity contribution in [2.45, 2.75) is 85.7 Å². The number of hydrogen-bond acceptors (Lipinski definition) is 8. The zero-order chi connectivity index (χ0) is 30.6. The minimum absolute atomic E-state index is 0.0209. The van der Waals surface area contributed by atoms with Gasteiger partial charge in [0, 0.05) is 23.7 Å². The van der Waals surface area contributed by atoms with E-state index in [4.69, 9.17) is 0 Å². The highest BCUT2D eigenvalue weighted by Crippen LogP contribution is 2.70. The monoisotopic (exact) mass is 564 g/mol. The van der Waals surface area contributed by atoms with Gasteiger partial charge in [0.2, 0.25) is 0 Å². The summed E-state index contributed by atoms with van der Waals surface area (Å²) in [6.07, 6.45) is 2.22. The molecule has 8 nitrogen and oxygen atoms in total. The molecule has 1 aromatic rings. The van der Waals surface area contributed by atoms with Gasteiger partial charge in [-0.25, -0.2) is 0 Å². The first-order chi connectivity index (χ1) is 19.0. The number of aromatic hydroxyl groups is 1. The zero-order valence-corrected chi connectivity index (χ0v) is 24.9. The molecular weight excluding hydrogens is 524 g/mol. The van der Waals surface area contributed by atoms with Crippen LogP contribution in [0.3, 0.4) is 0 Å². The summed E-state index contributed by atoms with van der Waals surface area (Å²) in [7, 11) is 0. The topological polar surface area (TPSA) is 143 Å². The first-order valence-corrected chi connectivity index (χ1v) is 14.7. The molecule has 5 rings (SSSR count). The first-order valence-electron chi connectivity index (χ1n) is 14.7. The normalized spacial score (nSPS) is 38.7. The molecule has 0 spiro atoms. The summed E-state index contributed by atoms with van der Waals surface area (Å²) in [5, 5.41) is 23.5. The van der Waals surface area contributed by atoms with Gasteiger partial charge in [-0.1, -0.05) is 53.2 Å². The van der Waals surface area contributed by atoms with Crippen molar-refractivity contribution in [2.24, 2.45) is 46.3 Å². The largest absolute Gasteiger partial charge is 0.507 e. The Bertz CT molecular complexity index is 1420. The number of phenolic OH excluding ortho intramolecular Hbond substituents is 1. The molecule has 3 fully saturated rings. The van der Waals surface area contributed by atoms with Gasteiger partial charge in [-0.05, 0) is 61.0 Å². The Hall–Kier alpha value is -3.00. The van der Waals surface area contributed by atoms with E-state index < -0.39 is 80.9 Å². The van der Waals surface area contributed by atoms with Gasteiger partial charge in [0.1, 0.15) is 23.2 Å². The molecule has 220 valence electrons. The van der Waals surface area contributed by atoms with Gasteiger partial charge >= 0.3 is 0 Å². The van der Waals surface area contributed by atoms with Crippen LogP contribution in [0.4, 0.5) is 0 Å². The van der Waals surface area contributed by atoms with Gasteiger partial charge in [-0.15, -0.1) is 0 Å². The van der Waals surface area contributed by atoms with E-state index in [0.717, 1.165) is 13.3 Å². The van der Waals surface area contributed by atoms with Crippen molar-refractivity contribution in [3.8, 4) is 5.75 Å². The van der Waals surface area contributed by atoms with Crippen molar-refractivity contribution >= 4 is 34.7 Å². The third-order valence-corrected chi connectivity index (χ3v) is 11.7. The van der Waals surface area contributed by atoms with Crippen molar-refractivity contribution in [1.29, 1.82) is 0 Å². The van der Waals surface area contributed by atoms with Crippen LogP contribution in [0.5, 0.6) is 5.75 Å². The van der Waals surface area contributed by atoms with Gasteiger partial charge in [-0.3, -0.25) is 28.8 Å². The van der Waals surface area contributed by atoms with E-state index in [1.54, 1.807) is 46.8 Å². The number of carbonyl (C=O) groups excluding carboxylic acids is 6. The smallest absolute Gasteiger partial charge is 0.190 e. The second-order valence-corrected chi connectivity index (χ2v) is 13.8. The highest BCUT2D eigenvalue weighted by molar-refractivity contribution is 6.32. The summed E-state index contributed by atoms with van der Waals surface area (Å²) >= 11 is 0. The second kappa shape index (κ2) is 9.25. The lowest BCUT2D eigenvalue weighted by Gasteiger charge is -2.67. The third-order valence-electron chi connectivity index (χ3n) is 11.7. The van der Waals surface area contributed by atoms with E-state index in [-0.39, 0.29) is 29.4 Å². The molecule has 3 saturated carbocycles. The average molecular weight is 565 g/mol. The number of carbonyl (C=O) groups is 6. The molecule has 0 amide bonds. The van der Waals surface area contributed by atoms with Crippen molar-refractivity contribution in [3.05, 3.63) is 28.8 Å². The third kappa shape index (κ3) is 3.43. The Balaban J connectivity index is 1.86. The highest BCUT2D eigenvalue weighted by atomic mass is 16.3. The maximum atomic E-state index is 14.7. The number of fused-ring (bicyclic) bond motifs is 3. The Morgan fingerprint density at radius 1 is 1.05 bits per heavy atom. The average Bonchev–Trinajstić information content (AvgIpc) is 2.83. The number of benzene rings is 1. The zero-order valence-electron chi connectivity index (χ0n) is 24.9. The Kier molecular flexibility index (Phi) is 6.65. The number of aryl methyl sites for hydroxylation is 1. The fourth-order valence-corrected chi connectivity index (χ4v) is 9.20. The Morgan fingerprint density at radius 3 is 2.17 bits per heavy atom.